The smallest absolute Gasteiger partial charge is 0.312 e. The van der Waals surface area contributed by atoms with Gasteiger partial charge in [0, 0.05) is 0 Å². The molecular formula is C9H9FN2O3. The van der Waals surface area contributed by atoms with Crippen molar-refractivity contribution in [2.24, 2.45) is 0 Å². The van der Waals surface area contributed by atoms with E-state index in [1.165, 1.54) is 24.3 Å². The van der Waals surface area contributed by atoms with Gasteiger partial charge in [-0.2, -0.15) is 0 Å². The Balaban J connectivity index is 2.40. The highest BCUT2D eigenvalue weighted by atomic mass is 19.1. The second-order valence-corrected chi connectivity index (χ2v) is 2.75. The van der Waals surface area contributed by atoms with E-state index < -0.39 is 24.1 Å². The fourth-order valence-electron chi connectivity index (χ4n) is 0.857. The van der Waals surface area contributed by atoms with Crippen LogP contribution in [0, 0.1) is 5.82 Å². The molecule has 0 aliphatic heterocycles. The summed E-state index contributed by atoms with van der Waals surface area (Å²) >= 11 is 0. The number of amides is 1. The molecule has 0 bridgehead atoms. The van der Waals surface area contributed by atoms with Gasteiger partial charge in [0.15, 0.2) is 0 Å². The maximum absolute atomic E-state index is 12.5. The lowest BCUT2D eigenvalue weighted by Crippen LogP contribution is -2.30. The van der Waals surface area contributed by atoms with Gasteiger partial charge in [-0.1, -0.05) is 0 Å². The third-order valence-electron chi connectivity index (χ3n) is 1.50. The molecule has 0 fully saturated rings. The maximum atomic E-state index is 12.5. The Morgan fingerprint density at radius 2 is 1.87 bits per heavy atom. The molecule has 0 aliphatic carbocycles. The lowest BCUT2D eigenvalue weighted by Gasteiger charge is -2.06. The molecule has 0 heterocycles. The van der Waals surface area contributed by atoms with Crippen LogP contribution in [0.2, 0.25) is 0 Å². The average Bonchev–Trinajstić information content (AvgIpc) is 2.16. The predicted molar refractivity (Wildman–Crippen MR) is 50.4 cm³/mol. The van der Waals surface area contributed by atoms with Gasteiger partial charge in [0.05, 0.1) is 5.69 Å². The van der Waals surface area contributed by atoms with Crippen LogP contribution in [0.25, 0.3) is 0 Å². The van der Waals surface area contributed by atoms with Gasteiger partial charge in [-0.25, -0.2) is 4.39 Å². The number of rotatable bonds is 4. The molecule has 6 heteroatoms. The number of anilines is 1. The Morgan fingerprint density at radius 3 is 2.40 bits per heavy atom. The minimum Gasteiger partial charge on any atom is -0.481 e. The van der Waals surface area contributed by atoms with E-state index in [4.69, 9.17) is 5.11 Å². The van der Waals surface area contributed by atoms with Crippen LogP contribution in [0.3, 0.4) is 0 Å². The molecule has 80 valence electrons. The molecule has 0 atom stereocenters. The van der Waals surface area contributed by atoms with Gasteiger partial charge in [-0.3, -0.25) is 20.4 Å². The highest BCUT2D eigenvalue weighted by molar-refractivity contribution is 5.93. The molecule has 0 radical (unpaired) electrons. The second kappa shape index (κ2) is 4.94. The van der Waals surface area contributed by atoms with Gasteiger partial charge in [0.2, 0.25) is 5.91 Å². The minimum atomic E-state index is -1.21. The molecule has 1 aromatic rings. The number of hydrogen-bond donors (Lipinski definition) is 3. The number of carboxylic acid groups (broad SMARTS) is 1. The number of carbonyl (C=O) groups is 2. The number of carbonyl (C=O) groups excluding carboxylic acids is 1. The van der Waals surface area contributed by atoms with Crippen LogP contribution in [0.5, 0.6) is 0 Å². The van der Waals surface area contributed by atoms with Crippen molar-refractivity contribution in [3.63, 3.8) is 0 Å². The summed E-state index contributed by atoms with van der Waals surface area (Å²) < 4.78 is 12.5. The van der Waals surface area contributed by atoms with Gasteiger partial charge in [-0.15, -0.1) is 0 Å². The molecule has 0 saturated carbocycles. The molecule has 3 N–H and O–H groups in total. The first-order valence-corrected chi connectivity index (χ1v) is 4.10. The molecule has 0 spiro atoms. The summed E-state index contributed by atoms with van der Waals surface area (Å²) in [6.45, 7) is 0. The van der Waals surface area contributed by atoms with Crippen molar-refractivity contribution < 1.29 is 19.1 Å². The Kier molecular flexibility index (Phi) is 3.61. The van der Waals surface area contributed by atoms with E-state index in [0.717, 1.165) is 0 Å². The zero-order chi connectivity index (χ0) is 11.3. The second-order valence-electron chi connectivity index (χ2n) is 2.75. The summed E-state index contributed by atoms with van der Waals surface area (Å²) in [5.41, 5.74) is 5.07. The molecule has 0 aromatic heterocycles. The van der Waals surface area contributed by atoms with E-state index >= 15 is 0 Å². The Labute approximate surface area is 84.9 Å². The number of benzene rings is 1. The van der Waals surface area contributed by atoms with Crippen molar-refractivity contribution in [3.05, 3.63) is 30.1 Å². The van der Waals surface area contributed by atoms with Gasteiger partial charge in [0.1, 0.15) is 12.2 Å². The van der Waals surface area contributed by atoms with Crippen LogP contribution in [0.1, 0.15) is 6.42 Å². The van der Waals surface area contributed by atoms with Gasteiger partial charge < -0.3 is 5.11 Å². The van der Waals surface area contributed by atoms with Crippen molar-refractivity contribution in [2.75, 3.05) is 5.43 Å². The van der Waals surface area contributed by atoms with Gasteiger partial charge >= 0.3 is 5.97 Å². The monoisotopic (exact) mass is 212 g/mol. The van der Waals surface area contributed by atoms with E-state index in [9.17, 15) is 14.0 Å². The summed E-state index contributed by atoms with van der Waals surface area (Å²) in [7, 11) is 0. The zero-order valence-electron chi connectivity index (χ0n) is 7.66. The third-order valence-corrected chi connectivity index (χ3v) is 1.50. The quantitative estimate of drug-likeness (QED) is 0.508. The number of aliphatic carboxylic acids is 1. The SMILES string of the molecule is O=C(O)CC(=O)NNc1ccc(F)cc1. The molecule has 0 saturated heterocycles. The standard InChI is InChI=1S/C9H9FN2O3/c10-6-1-3-7(4-2-6)11-12-8(13)5-9(14)15/h1-4,11H,5H2,(H,12,13)(H,14,15). The van der Waals surface area contributed by atoms with Crippen LogP contribution in [-0.4, -0.2) is 17.0 Å². The highest BCUT2D eigenvalue weighted by Crippen LogP contribution is 2.06. The summed E-state index contributed by atoms with van der Waals surface area (Å²) in [6.07, 6.45) is -0.617. The molecular weight excluding hydrogens is 203 g/mol. The number of halogens is 1. The van der Waals surface area contributed by atoms with E-state index in [1.54, 1.807) is 0 Å². The summed E-state index contributed by atoms with van der Waals surface area (Å²) in [5.74, 6) is -2.28. The van der Waals surface area contributed by atoms with Crippen LogP contribution < -0.4 is 10.9 Å². The van der Waals surface area contributed by atoms with E-state index in [0.29, 0.717) is 5.69 Å². The van der Waals surface area contributed by atoms with Crippen LogP contribution >= 0.6 is 0 Å². The lowest BCUT2D eigenvalue weighted by molar-refractivity contribution is -0.140. The van der Waals surface area contributed by atoms with Gasteiger partial charge in [0.25, 0.3) is 0 Å². The molecule has 15 heavy (non-hydrogen) atoms. The zero-order valence-corrected chi connectivity index (χ0v) is 7.66. The largest absolute Gasteiger partial charge is 0.481 e. The van der Waals surface area contributed by atoms with Crippen LogP contribution in [0.4, 0.5) is 10.1 Å². The molecule has 0 aliphatic rings. The van der Waals surface area contributed by atoms with Crippen LogP contribution in [0.15, 0.2) is 24.3 Å². The first-order chi connectivity index (χ1) is 7.08. The Bertz CT molecular complexity index is 364. The van der Waals surface area contributed by atoms with Crippen molar-refractivity contribution in [1.82, 2.24) is 5.43 Å². The fraction of sp³-hybridized carbons (Fsp3) is 0.111. The highest BCUT2D eigenvalue weighted by Gasteiger charge is 2.06. The molecule has 1 aromatic carbocycles. The number of hydrogen-bond acceptors (Lipinski definition) is 3. The van der Waals surface area contributed by atoms with E-state index in [-0.39, 0.29) is 0 Å². The molecule has 1 amide bonds. The topological polar surface area (TPSA) is 78.4 Å². The first-order valence-electron chi connectivity index (χ1n) is 4.10. The van der Waals surface area contributed by atoms with Crippen LogP contribution in [-0.2, 0) is 9.59 Å². The third kappa shape index (κ3) is 4.08. The first kappa shape index (κ1) is 11.0. The van der Waals surface area contributed by atoms with Crippen molar-refractivity contribution in [1.29, 1.82) is 0 Å². The predicted octanol–water partition coefficient (Wildman–Crippen LogP) is 0.743. The molecule has 1 rings (SSSR count). The van der Waals surface area contributed by atoms with E-state index in [2.05, 4.69) is 10.9 Å². The fourth-order valence-corrected chi connectivity index (χ4v) is 0.857. The Hall–Kier alpha value is -2.11. The average molecular weight is 212 g/mol. The van der Waals surface area contributed by atoms with E-state index in [1.807, 2.05) is 0 Å². The molecule has 0 unspecified atom stereocenters. The lowest BCUT2D eigenvalue weighted by atomic mass is 10.3. The number of nitrogens with one attached hydrogen (secondary N) is 2. The number of hydrazine groups is 1. The Morgan fingerprint density at radius 1 is 1.27 bits per heavy atom. The van der Waals surface area contributed by atoms with Crippen molar-refractivity contribution in [3.8, 4) is 0 Å². The minimum absolute atomic E-state index is 0.391. The number of carboxylic acids is 1. The van der Waals surface area contributed by atoms with Gasteiger partial charge in [-0.05, 0) is 24.3 Å². The summed E-state index contributed by atoms with van der Waals surface area (Å²) in [5, 5.41) is 8.28. The summed E-state index contributed by atoms with van der Waals surface area (Å²) in [4.78, 5) is 21.0. The molecule has 5 nitrogen and oxygen atoms in total. The van der Waals surface area contributed by atoms with Crippen molar-refractivity contribution in [2.45, 2.75) is 6.42 Å². The normalized spacial score (nSPS) is 9.40. The van der Waals surface area contributed by atoms with Crippen molar-refractivity contribution >= 4 is 17.6 Å². The maximum Gasteiger partial charge on any atom is 0.312 e. The summed E-state index contributed by atoms with van der Waals surface area (Å²) in [6, 6.07) is 5.25.